The van der Waals surface area contributed by atoms with Crippen molar-refractivity contribution in [3.8, 4) is 0 Å². The van der Waals surface area contributed by atoms with Crippen LogP contribution in [0.25, 0.3) is 0 Å². The summed E-state index contributed by atoms with van der Waals surface area (Å²) in [5.74, 6) is 0. The predicted molar refractivity (Wildman–Crippen MR) is 41.5 cm³/mol. The fourth-order valence-electron chi connectivity index (χ4n) is 1.91. The molecule has 2 saturated heterocycles. The van der Waals surface area contributed by atoms with Gasteiger partial charge >= 0.3 is 0 Å². The highest BCUT2D eigenvalue weighted by atomic mass is 15.2. The first kappa shape index (κ1) is 6.62. The normalized spacial score (nSPS) is 35.4. The second-order valence-corrected chi connectivity index (χ2v) is 3.23. The molecule has 57 valence electrons. The quantitative estimate of drug-likeness (QED) is 0.529. The summed E-state index contributed by atoms with van der Waals surface area (Å²) in [6.07, 6.45) is 4.22. The fraction of sp³-hybridized carbons (Fsp3) is 0.875. The van der Waals surface area contributed by atoms with Gasteiger partial charge in [-0.25, -0.2) is 0 Å². The van der Waals surface area contributed by atoms with E-state index in [0.717, 1.165) is 12.6 Å². The summed E-state index contributed by atoms with van der Waals surface area (Å²) in [4.78, 5) is 2.51. The number of hydrogen-bond donors (Lipinski definition) is 1. The molecule has 0 aromatic heterocycles. The van der Waals surface area contributed by atoms with Gasteiger partial charge in [0.05, 0.1) is 0 Å². The van der Waals surface area contributed by atoms with E-state index in [9.17, 15) is 0 Å². The molecule has 0 aliphatic carbocycles. The zero-order chi connectivity index (χ0) is 6.81. The molecular formula is C8H15N2. The van der Waals surface area contributed by atoms with Crippen molar-refractivity contribution in [3.63, 3.8) is 0 Å². The van der Waals surface area contributed by atoms with Gasteiger partial charge in [0, 0.05) is 25.7 Å². The molecule has 2 aliphatic heterocycles. The van der Waals surface area contributed by atoms with E-state index in [4.69, 9.17) is 0 Å². The molecule has 1 atom stereocenters. The summed E-state index contributed by atoms with van der Waals surface area (Å²) >= 11 is 0. The van der Waals surface area contributed by atoms with Crippen molar-refractivity contribution < 1.29 is 0 Å². The smallest absolute Gasteiger partial charge is 0.0392 e. The number of rotatable bonds is 0. The van der Waals surface area contributed by atoms with E-state index in [1.807, 2.05) is 0 Å². The molecule has 2 aliphatic rings. The second-order valence-electron chi connectivity index (χ2n) is 3.23. The number of nitrogens with one attached hydrogen (secondary N) is 1. The SMILES string of the molecule is [CH]1CNCC2CCCCN12. The van der Waals surface area contributed by atoms with E-state index >= 15 is 0 Å². The lowest BCUT2D eigenvalue weighted by molar-refractivity contribution is 0.157. The standard InChI is InChI=1S/C8H15N2/c1-2-5-10-6-4-9-7-8(10)3-1/h6,8-9H,1-5,7H2. The molecule has 0 bridgehead atoms. The van der Waals surface area contributed by atoms with Crippen molar-refractivity contribution in [3.05, 3.63) is 6.54 Å². The van der Waals surface area contributed by atoms with Crippen LogP contribution in [0.1, 0.15) is 19.3 Å². The molecule has 0 aromatic rings. The van der Waals surface area contributed by atoms with Gasteiger partial charge in [-0.1, -0.05) is 6.42 Å². The largest absolute Gasteiger partial charge is 0.314 e. The van der Waals surface area contributed by atoms with Crippen LogP contribution >= 0.6 is 0 Å². The van der Waals surface area contributed by atoms with Crippen molar-refractivity contribution in [2.45, 2.75) is 25.3 Å². The molecule has 1 N–H and O–H groups in total. The zero-order valence-electron chi connectivity index (χ0n) is 6.34. The lowest BCUT2D eigenvalue weighted by Gasteiger charge is -2.39. The number of nitrogens with zero attached hydrogens (tertiary/aromatic N) is 1. The Labute approximate surface area is 62.6 Å². The molecule has 1 unspecified atom stereocenters. The Morgan fingerprint density at radius 3 is 3.30 bits per heavy atom. The summed E-state index contributed by atoms with van der Waals surface area (Å²) in [5.41, 5.74) is 0. The van der Waals surface area contributed by atoms with Crippen molar-refractivity contribution in [2.24, 2.45) is 0 Å². The molecule has 0 saturated carbocycles. The molecule has 2 fully saturated rings. The highest BCUT2D eigenvalue weighted by Crippen LogP contribution is 2.18. The third kappa shape index (κ3) is 1.18. The first-order valence-corrected chi connectivity index (χ1v) is 4.26. The summed E-state index contributed by atoms with van der Waals surface area (Å²) < 4.78 is 0. The molecular weight excluding hydrogens is 124 g/mol. The van der Waals surface area contributed by atoms with Gasteiger partial charge in [0.15, 0.2) is 0 Å². The molecule has 2 nitrogen and oxygen atoms in total. The fourth-order valence-corrected chi connectivity index (χ4v) is 1.91. The van der Waals surface area contributed by atoms with Crippen LogP contribution in [0.4, 0.5) is 0 Å². The van der Waals surface area contributed by atoms with Gasteiger partial charge in [-0.15, -0.1) is 0 Å². The van der Waals surface area contributed by atoms with Crippen LogP contribution in [0.15, 0.2) is 0 Å². The van der Waals surface area contributed by atoms with Crippen molar-refractivity contribution in [1.82, 2.24) is 10.2 Å². The molecule has 10 heavy (non-hydrogen) atoms. The van der Waals surface area contributed by atoms with Crippen LogP contribution in [0.5, 0.6) is 0 Å². The maximum atomic E-state index is 3.39. The summed E-state index contributed by atoms with van der Waals surface area (Å²) in [7, 11) is 0. The Bertz CT molecular complexity index is 87.8. The summed E-state index contributed by atoms with van der Waals surface area (Å²) in [5, 5.41) is 3.39. The average Bonchev–Trinajstić information content (AvgIpc) is 2.05. The molecule has 2 heterocycles. The zero-order valence-corrected chi connectivity index (χ0v) is 6.34. The minimum Gasteiger partial charge on any atom is -0.314 e. The summed E-state index contributed by atoms with van der Waals surface area (Å²) in [6.45, 7) is 5.90. The second kappa shape index (κ2) is 2.89. The number of fused-ring (bicyclic) bond motifs is 1. The van der Waals surface area contributed by atoms with Crippen molar-refractivity contribution >= 4 is 0 Å². The molecule has 0 aromatic carbocycles. The van der Waals surface area contributed by atoms with Gasteiger partial charge in [-0.05, 0) is 19.4 Å². The third-order valence-corrected chi connectivity index (χ3v) is 2.52. The lowest BCUT2D eigenvalue weighted by atomic mass is 10.0. The minimum absolute atomic E-state index is 0.822. The Morgan fingerprint density at radius 1 is 1.40 bits per heavy atom. The van der Waals surface area contributed by atoms with Gasteiger partial charge < -0.3 is 5.32 Å². The maximum absolute atomic E-state index is 3.39. The number of piperazine rings is 1. The Hall–Kier alpha value is -0.0800. The van der Waals surface area contributed by atoms with Crippen LogP contribution in [0, 0.1) is 6.54 Å². The van der Waals surface area contributed by atoms with Gasteiger partial charge in [0.25, 0.3) is 0 Å². The summed E-state index contributed by atoms with van der Waals surface area (Å²) in [6, 6.07) is 0.822. The Balaban J connectivity index is 1.93. The van der Waals surface area contributed by atoms with Gasteiger partial charge in [0.1, 0.15) is 0 Å². The van der Waals surface area contributed by atoms with Crippen LogP contribution in [0.2, 0.25) is 0 Å². The Morgan fingerprint density at radius 2 is 2.40 bits per heavy atom. The van der Waals surface area contributed by atoms with Gasteiger partial charge in [0.2, 0.25) is 0 Å². The van der Waals surface area contributed by atoms with Crippen molar-refractivity contribution in [1.29, 1.82) is 0 Å². The van der Waals surface area contributed by atoms with E-state index < -0.39 is 0 Å². The van der Waals surface area contributed by atoms with Gasteiger partial charge in [-0.2, -0.15) is 0 Å². The van der Waals surface area contributed by atoms with Crippen LogP contribution in [-0.4, -0.2) is 30.6 Å². The number of piperidine rings is 1. The van der Waals surface area contributed by atoms with Crippen molar-refractivity contribution in [2.75, 3.05) is 19.6 Å². The number of hydrogen-bond acceptors (Lipinski definition) is 2. The first-order valence-electron chi connectivity index (χ1n) is 4.26. The lowest BCUT2D eigenvalue weighted by Crippen LogP contribution is -2.50. The molecule has 0 spiro atoms. The van der Waals surface area contributed by atoms with Crippen LogP contribution in [0.3, 0.4) is 0 Å². The van der Waals surface area contributed by atoms with Gasteiger partial charge in [-0.3, -0.25) is 4.90 Å². The van der Waals surface area contributed by atoms with E-state index in [1.54, 1.807) is 0 Å². The third-order valence-electron chi connectivity index (χ3n) is 2.52. The molecule has 2 heteroatoms. The van der Waals surface area contributed by atoms with Crippen LogP contribution < -0.4 is 5.32 Å². The van der Waals surface area contributed by atoms with Crippen LogP contribution in [-0.2, 0) is 0 Å². The van der Waals surface area contributed by atoms with E-state index in [2.05, 4.69) is 16.8 Å². The van der Waals surface area contributed by atoms with E-state index in [-0.39, 0.29) is 0 Å². The first-order chi connectivity index (χ1) is 4.97. The maximum Gasteiger partial charge on any atom is 0.0392 e. The van der Waals surface area contributed by atoms with E-state index in [0.29, 0.717) is 0 Å². The highest BCUT2D eigenvalue weighted by molar-refractivity contribution is 4.88. The molecule has 2 rings (SSSR count). The Kier molecular flexibility index (Phi) is 1.91. The van der Waals surface area contributed by atoms with E-state index in [1.165, 1.54) is 32.4 Å². The highest BCUT2D eigenvalue weighted by Gasteiger charge is 2.24. The average molecular weight is 139 g/mol. The molecule has 0 amide bonds. The minimum atomic E-state index is 0.822. The predicted octanol–water partition coefficient (Wildman–Crippen LogP) is 0.606. The monoisotopic (exact) mass is 139 g/mol. The molecule has 1 radical (unpaired) electrons. The topological polar surface area (TPSA) is 15.3 Å².